The van der Waals surface area contributed by atoms with Crippen molar-refractivity contribution in [1.82, 2.24) is 9.78 Å². The van der Waals surface area contributed by atoms with Gasteiger partial charge in [0.2, 0.25) is 0 Å². The summed E-state index contributed by atoms with van der Waals surface area (Å²) in [7, 11) is 0. The number of aromatic nitrogens is 2. The summed E-state index contributed by atoms with van der Waals surface area (Å²) in [5, 5.41) is 6.91. The lowest BCUT2D eigenvalue weighted by molar-refractivity contribution is 0.0561. The van der Waals surface area contributed by atoms with Crippen LogP contribution in [0.2, 0.25) is 5.02 Å². The Hall–Kier alpha value is -2.38. The molecule has 0 unspecified atom stereocenters. The lowest BCUT2D eigenvalue weighted by Gasteiger charge is -2.10. The van der Waals surface area contributed by atoms with Crippen molar-refractivity contribution in [2.45, 2.75) is 16.3 Å². The average Bonchev–Trinajstić information content (AvgIpc) is 3.09. The normalized spacial score (nSPS) is 10.9. The third-order valence-electron chi connectivity index (χ3n) is 3.22. The molecular formula is C17H12ClF2N3OS. The maximum Gasteiger partial charge on any atom is 0.333 e. The molecule has 1 aromatic heterocycles. The Bertz CT molecular complexity index is 884. The van der Waals surface area contributed by atoms with Crippen molar-refractivity contribution in [3.8, 4) is 0 Å². The van der Waals surface area contributed by atoms with E-state index in [0.717, 1.165) is 16.0 Å². The van der Waals surface area contributed by atoms with Crippen LogP contribution in [-0.2, 0) is 0 Å². The van der Waals surface area contributed by atoms with Gasteiger partial charge in [-0.25, -0.2) is 4.68 Å². The van der Waals surface area contributed by atoms with Crippen LogP contribution < -0.4 is 5.32 Å². The third kappa shape index (κ3) is 4.37. The van der Waals surface area contributed by atoms with Gasteiger partial charge in [0.05, 0.1) is 5.69 Å². The Labute approximate surface area is 151 Å². The molecule has 0 saturated heterocycles. The third-order valence-corrected chi connectivity index (χ3v) is 4.55. The topological polar surface area (TPSA) is 46.9 Å². The fourth-order valence-corrected chi connectivity index (χ4v) is 3.07. The zero-order valence-corrected chi connectivity index (χ0v) is 14.3. The first kappa shape index (κ1) is 17.4. The van der Waals surface area contributed by atoms with Gasteiger partial charge in [-0.1, -0.05) is 35.5 Å². The molecule has 25 heavy (non-hydrogen) atoms. The molecule has 8 heteroatoms. The van der Waals surface area contributed by atoms with Crippen LogP contribution in [0.15, 0.2) is 70.6 Å². The summed E-state index contributed by atoms with van der Waals surface area (Å²) in [4.78, 5) is 14.0. The van der Waals surface area contributed by atoms with E-state index < -0.39 is 12.5 Å². The summed E-state index contributed by atoms with van der Waals surface area (Å²) in [6, 6.07) is 15.8. The highest BCUT2D eigenvalue weighted by Crippen LogP contribution is 2.34. The molecule has 0 aliphatic carbocycles. The second-order valence-electron chi connectivity index (χ2n) is 4.96. The van der Waals surface area contributed by atoms with E-state index in [1.54, 1.807) is 24.3 Å². The van der Waals surface area contributed by atoms with E-state index in [2.05, 4.69) is 10.4 Å². The Kier molecular flexibility index (Phi) is 5.35. The van der Waals surface area contributed by atoms with Crippen molar-refractivity contribution in [1.29, 1.82) is 0 Å². The van der Waals surface area contributed by atoms with Gasteiger partial charge < -0.3 is 5.32 Å². The zero-order valence-electron chi connectivity index (χ0n) is 12.7. The van der Waals surface area contributed by atoms with Gasteiger partial charge in [0.25, 0.3) is 5.91 Å². The molecule has 3 aromatic rings. The van der Waals surface area contributed by atoms with Crippen molar-refractivity contribution in [2.75, 3.05) is 5.32 Å². The molecule has 3 rings (SSSR count). The van der Waals surface area contributed by atoms with Crippen molar-refractivity contribution in [2.24, 2.45) is 0 Å². The van der Waals surface area contributed by atoms with E-state index in [9.17, 15) is 13.6 Å². The minimum atomic E-state index is -2.78. The second kappa shape index (κ2) is 7.67. The van der Waals surface area contributed by atoms with E-state index in [0.29, 0.717) is 15.4 Å². The largest absolute Gasteiger partial charge is 0.333 e. The Balaban J connectivity index is 1.78. The Morgan fingerprint density at radius 3 is 2.52 bits per heavy atom. The van der Waals surface area contributed by atoms with E-state index in [4.69, 9.17) is 11.6 Å². The molecule has 1 amide bonds. The van der Waals surface area contributed by atoms with Crippen LogP contribution in [-0.4, -0.2) is 15.7 Å². The first-order chi connectivity index (χ1) is 12.0. The predicted molar refractivity (Wildman–Crippen MR) is 93.5 cm³/mol. The van der Waals surface area contributed by atoms with Crippen LogP contribution in [0, 0.1) is 0 Å². The fourth-order valence-electron chi connectivity index (χ4n) is 2.04. The standard InChI is InChI=1S/C17H12ClF2N3OS/c18-11-5-7-12(8-6-11)25-15-4-2-1-3-13(15)21-16(24)14-9-10-23(22-14)17(19)20/h1-10,17H,(H,21,24). The molecule has 0 bridgehead atoms. The van der Waals surface area contributed by atoms with Gasteiger partial charge >= 0.3 is 6.55 Å². The highest BCUT2D eigenvalue weighted by Gasteiger charge is 2.15. The summed E-state index contributed by atoms with van der Waals surface area (Å²) >= 11 is 7.33. The molecule has 4 nitrogen and oxygen atoms in total. The molecule has 0 aliphatic rings. The first-order valence-corrected chi connectivity index (χ1v) is 8.39. The van der Waals surface area contributed by atoms with Crippen molar-refractivity contribution in [3.05, 3.63) is 71.5 Å². The summed E-state index contributed by atoms with van der Waals surface area (Å²) < 4.78 is 25.6. The molecule has 0 saturated carbocycles. The number of nitrogens with one attached hydrogen (secondary N) is 1. The number of carbonyl (C=O) groups excluding carboxylic acids is 1. The predicted octanol–water partition coefficient (Wildman–Crippen LogP) is 5.34. The minimum absolute atomic E-state index is 0.0772. The molecule has 0 fully saturated rings. The molecule has 128 valence electrons. The number of para-hydroxylation sites is 1. The average molecular weight is 380 g/mol. The summed E-state index contributed by atoms with van der Waals surface area (Å²) in [5.74, 6) is -0.552. The van der Waals surface area contributed by atoms with Crippen LogP contribution in [0.3, 0.4) is 0 Å². The maximum atomic E-state index is 12.6. The van der Waals surface area contributed by atoms with Gasteiger partial charge in [-0.15, -0.1) is 0 Å². The number of carbonyl (C=O) groups is 1. The number of benzene rings is 2. The molecule has 0 radical (unpaired) electrons. The molecule has 1 heterocycles. The first-order valence-electron chi connectivity index (χ1n) is 7.20. The van der Waals surface area contributed by atoms with E-state index in [-0.39, 0.29) is 5.69 Å². The molecule has 0 spiro atoms. The Morgan fingerprint density at radius 1 is 1.12 bits per heavy atom. The van der Waals surface area contributed by atoms with Gasteiger partial charge in [-0.05, 0) is 42.5 Å². The molecular weight excluding hydrogens is 368 g/mol. The highest BCUT2D eigenvalue weighted by atomic mass is 35.5. The number of amides is 1. The van der Waals surface area contributed by atoms with Crippen LogP contribution in [0.1, 0.15) is 17.0 Å². The zero-order chi connectivity index (χ0) is 17.8. The number of anilines is 1. The molecule has 0 atom stereocenters. The summed E-state index contributed by atoms with van der Waals surface area (Å²) in [6.07, 6.45) is 1.06. The number of rotatable bonds is 5. The van der Waals surface area contributed by atoms with Gasteiger partial charge in [-0.2, -0.15) is 13.9 Å². The molecule has 0 aliphatic heterocycles. The van der Waals surface area contributed by atoms with Crippen molar-refractivity contribution >= 4 is 35.0 Å². The van der Waals surface area contributed by atoms with Crippen molar-refractivity contribution in [3.63, 3.8) is 0 Å². The van der Waals surface area contributed by atoms with E-state index in [1.165, 1.54) is 17.8 Å². The minimum Gasteiger partial charge on any atom is -0.320 e. The molecule has 2 aromatic carbocycles. The van der Waals surface area contributed by atoms with Gasteiger partial charge in [0.1, 0.15) is 0 Å². The smallest absolute Gasteiger partial charge is 0.320 e. The fraction of sp³-hybridized carbons (Fsp3) is 0.0588. The number of hydrogen-bond donors (Lipinski definition) is 1. The highest BCUT2D eigenvalue weighted by molar-refractivity contribution is 7.99. The van der Waals surface area contributed by atoms with Gasteiger partial charge in [0, 0.05) is 21.0 Å². The lowest BCUT2D eigenvalue weighted by Crippen LogP contribution is -2.14. The van der Waals surface area contributed by atoms with Crippen LogP contribution in [0.5, 0.6) is 0 Å². The maximum absolute atomic E-state index is 12.6. The summed E-state index contributed by atoms with van der Waals surface area (Å²) in [6.45, 7) is -2.78. The monoisotopic (exact) mass is 379 g/mol. The summed E-state index contributed by atoms with van der Waals surface area (Å²) in [5.41, 5.74) is 0.491. The number of halogens is 3. The van der Waals surface area contributed by atoms with E-state index in [1.807, 2.05) is 24.3 Å². The van der Waals surface area contributed by atoms with Crippen molar-refractivity contribution < 1.29 is 13.6 Å². The Morgan fingerprint density at radius 2 is 1.84 bits per heavy atom. The van der Waals surface area contributed by atoms with E-state index >= 15 is 0 Å². The number of hydrogen-bond acceptors (Lipinski definition) is 3. The van der Waals surface area contributed by atoms with Crippen LogP contribution in [0.4, 0.5) is 14.5 Å². The van der Waals surface area contributed by atoms with Gasteiger partial charge in [0.15, 0.2) is 5.69 Å². The SMILES string of the molecule is O=C(Nc1ccccc1Sc1ccc(Cl)cc1)c1ccn(C(F)F)n1. The van der Waals surface area contributed by atoms with Crippen LogP contribution >= 0.6 is 23.4 Å². The quantitative estimate of drug-likeness (QED) is 0.651. The van der Waals surface area contributed by atoms with Gasteiger partial charge in [-0.3, -0.25) is 4.79 Å². The molecule has 1 N–H and O–H groups in total. The lowest BCUT2D eigenvalue weighted by atomic mass is 10.3. The number of nitrogens with zero attached hydrogens (tertiary/aromatic N) is 2. The number of alkyl halides is 2. The van der Waals surface area contributed by atoms with Crippen LogP contribution in [0.25, 0.3) is 0 Å². The second-order valence-corrected chi connectivity index (χ2v) is 6.52.